The first kappa shape index (κ1) is 32.8. The molecule has 34 heavy (non-hydrogen) atoms. The van der Waals surface area contributed by atoms with Crippen LogP contribution in [0.2, 0.25) is 0 Å². The number of fused-ring (bicyclic) bond motifs is 3. The summed E-state index contributed by atoms with van der Waals surface area (Å²) in [5, 5.41) is 1.16. The summed E-state index contributed by atoms with van der Waals surface area (Å²) >= 11 is 0. The smallest absolute Gasteiger partial charge is 0.231 e. The highest BCUT2D eigenvalue weighted by Crippen LogP contribution is 2.30. The van der Waals surface area contributed by atoms with Gasteiger partial charge in [-0.15, -0.1) is 0 Å². The summed E-state index contributed by atoms with van der Waals surface area (Å²) in [5.74, 6) is 2.76. The first-order chi connectivity index (χ1) is 15.4. The van der Waals surface area contributed by atoms with Gasteiger partial charge < -0.3 is 18.6 Å². The van der Waals surface area contributed by atoms with Crippen molar-refractivity contribution in [1.29, 1.82) is 0 Å². The third kappa shape index (κ3) is 9.62. The van der Waals surface area contributed by atoms with Crippen molar-refractivity contribution in [2.45, 2.75) is 56.4 Å². The topological polar surface area (TPSA) is 40.8 Å². The minimum Gasteiger partial charge on any atom is -0.493 e. The molecule has 0 saturated heterocycles. The number of hydrogen-bond donors (Lipinski definition) is 0. The van der Waals surface area contributed by atoms with Crippen molar-refractivity contribution in [2.24, 2.45) is 0 Å². The molecule has 0 amide bonds. The van der Waals surface area contributed by atoms with Crippen molar-refractivity contribution in [1.82, 2.24) is 0 Å². The van der Waals surface area contributed by atoms with Crippen LogP contribution in [0.1, 0.15) is 55.5 Å². The van der Waals surface area contributed by atoms with E-state index in [2.05, 4.69) is 6.07 Å². The Morgan fingerprint density at radius 3 is 1.68 bits per heavy atom. The second-order valence-corrected chi connectivity index (χ2v) is 6.02. The molecule has 3 aromatic carbocycles. The second-order valence-electron chi connectivity index (χ2n) is 6.02. The zero-order valence-electron chi connectivity index (χ0n) is 18.8. The van der Waals surface area contributed by atoms with Crippen LogP contribution in [0.5, 0.6) is 17.2 Å². The average Bonchev–Trinajstić information content (AvgIpc) is 3.63. The number of para-hydroxylation sites is 4. The van der Waals surface area contributed by atoms with Gasteiger partial charge in [-0.2, -0.15) is 0 Å². The molecule has 2 aliphatic heterocycles. The Balaban J connectivity index is 0. The van der Waals surface area contributed by atoms with E-state index in [0.29, 0.717) is 6.79 Å². The van der Waals surface area contributed by atoms with Gasteiger partial charge in [-0.05, 0) is 35.9 Å². The number of furan rings is 1. The number of benzene rings is 3. The largest absolute Gasteiger partial charge is 0.493 e. The molecule has 0 unspecified atom stereocenters. The normalized spacial score (nSPS) is 10.6. The molecular formula is C30H44O4. The minimum absolute atomic E-state index is 0. The summed E-state index contributed by atoms with van der Waals surface area (Å²) in [7, 11) is 0. The van der Waals surface area contributed by atoms with Gasteiger partial charge in [-0.3, -0.25) is 0 Å². The van der Waals surface area contributed by atoms with E-state index in [1.165, 1.54) is 5.56 Å². The zero-order chi connectivity index (χ0) is 22.3. The lowest BCUT2D eigenvalue weighted by Crippen LogP contribution is -1.92. The van der Waals surface area contributed by atoms with Crippen LogP contribution in [-0.4, -0.2) is 13.4 Å². The van der Waals surface area contributed by atoms with E-state index < -0.39 is 0 Å². The zero-order valence-corrected chi connectivity index (χ0v) is 18.8. The lowest BCUT2D eigenvalue weighted by molar-refractivity contribution is 0.174. The maximum atomic E-state index is 5.30. The quantitative estimate of drug-likeness (QED) is 0.258. The van der Waals surface area contributed by atoms with Crippen molar-refractivity contribution >= 4 is 11.0 Å². The molecule has 0 fully saturated rings. The van der Waals surface area contributed by atoms with Crippen molar-refractivity contribution in [3.63, 3.8) is 0 Å². The van der Waals surface area contributed by atoms with Gasteiger partial charge in [0.15, 0.2) is 11.5 Å². The van der Waals surface area contributed by atoms with E-state index in [-0.39, 0.29) is 22.3 Å². The molecule has 188 valence electrons. The molecule has 1 aromatic heterocycles. The van der Waals surface area contributed by atoms with Gasteiger partial charge >= 0.3 is 0 Å². The Bertz CT molecular complexity index is 882. The summed E-state index contributed by atoms with van der Waals surface area (Å²) in [6.45, 7) is 9.22. The van der Waals surface area contributed by atoms with Gasteiger partial charge in [0.2, 0.25) is 6.79 Å². The SMILES string of the molecule is C.C.C.CC.CC.c1ccc2c(c1)CCO2.c1ccc2c(c1)OCO2.c1ccc2occc2c1. The number of hydrogen-bond acceptors (Lipinski definition) is 4. The Morgan fingerprint density at radius 2 is 1.09 bits per heavy atom. The Kier molecular flexibility index (Phi) is 18.4. The van der Waals surface area contributed by atoms with Crippen molar-refractivity contribution in [3.8, 4) is 17.2 Å². The molecule has 0 N–H and O–H groups in total. The van der Waals surface area contributed by atoms with Crippen LogP contribution >= 0.6 is 0 Å². The van der Waals surface area contributed by atoms with Crippen molar-refractivity contribution in [2.75, 3.05) is 13.4 Å². The first-order valence-electron chi connectivity index (χ1n) is 10.9. The van der Waals surface area contributed by atoms with Crippen molar-refractivity contribution < 1.29 is 18.6 Å². The maximum Gasteiger partial charge on any atom is 0.231 e. The summed E-state index contributed by atoms with van der Waals surface area (Å²) < 4.78 is 20.6. The van der Waals surface area contributed by atoms with Crippen LogP contribution in [0, 0.1) is 0 Å². The van der Waals surface area contributed by atoms with E-state index in [0.717, 1.165) is 41.2 Å². The molecule has 6 rings (SSSR count). The highest BCUT2D eigenvalue weighted by Gasteiger charge is 2.09. The number of rotatable bonds is 0. The summed E-state index contributed by atoms with van der Waals surface area (Å²) in [6.07, 6.45) is 2.78. The molecule has 0 saturated carbocycles. The van der Waals surface area contributed by atoms with Crippen LogP contribution in [0.15, 0.2) is 89.5 Å². The summed E-state index contributed by atoms with van der Waals surface area (Å²) in [5.41, 5.74) is 2.30. The molecule has 0 atom stereocenters. The van der Waals surface area contributed by atoms with Gasteiger partial charge in [0.1, 0.15) is 11.3 Å². The second kappa shape index (κ2) is 19.1. The van der Waals surface area contributed by atoms with E-state index in [1.807, 2.05) is 100 Å². The minimum atomic E-state index is 0. The van der Waals surface area contributed by atoms with Crippen LogP contribution in [0.3, 0.4) is 0 Å². The lowest BCUT2D eigenvalue weighted by atomic mass is 10.2. The van der Waals surface area contributed by atoms with E-state index in [9.17, 15) is 0 Å². The van der Waals surface area contributed by atoms with Crippen molar-refractivity contribution in [3.05, 3.63) is 90.7 Å². The highest BCUT2D eigenvalue weighted by atomic mass is 16.7. The van der Waals surface area contributed by atoms with E-state index in [1.54, 1.807) is 6.26 Å². The summed E-state index contributed by atoms with van der Waals surface area (Å²) in [6, 6.07) is 25.7. The summed E-state index contributed by atoms with van der Waals surface area (Å²) in [4.78, 5) is 0. The molecule has 2 aliphatic rings. The molecule has 0 bridgehead atoms. The van der Waals surface area contributed by atoms with Gasteiger partial charge in [0.05, 0.1) is 12.9 Å². The molecule has 3 heterocycles. The molecular weight excluding hydrogens is 424 g/mol. The van der Waals surface area contributed by atoms with E-state index in [4.69, 9.17) is 18.6 Å². The Labute approximate surface area is 207 Å². The first-order valence-corrected chi connectivity index (χ1v) is 10.9. The van der Waals surface area contributed by atoms with Gasteiger partial charge in [-0.1, -0.05) is 98.5 Å². The predicted molar refractivity (Wildman–Crippen MR) is 147 cm³/mol. The standard InChI is InChI=1S/C8H8O.C8H6O.C7H6O2.2C2H6.3CH4/c2*1-2-4-8-7(3-1)5-6-9-8;1-2-4-7-6(3-1)8-5-9-7;2*1-2;;;/h1-4H,5-6H2;1-6H;1-4H,5H2;2*1-2H3;3*1H4. The fourth-order valence-corrected chi connectivity index (χ4v) is 2.87. The molecule has 4 nitrogen and oxygen atoms in total. The Morgan fingerprint density at radius 1 is 0.559 bits per heavy atom. The predicted octanol–water partition coefficient (Wildman–Crippen LogP) is 9.43. The molecule has 4 aromatic rings. The average molecular weight is 469 g/mol. The van der Waals surface area contributed by atoms with Gasteiger partial charge in [-0.25, -0.2) is 0 Å². The Hall–Kier alpha value is -3.40. The highest BCUT2D eigenvalue weighted by molar-refractivity contribution is 5.76. The van der Waals surface area contributed by atoms with Crippen LogP contribution in [0.25, 0.3) is 11.0 Å². The van der Waals surface area contributed by atoms with Crippen LogP contribution in [0.4, 0.5) is 0 Å². The number of ether oxygens (including phenoxy) is 3. The van der Waals surface area contributed by atoms with Crippen LogP contribution in [-0.2, 0) is 6.42 Å². The lowest BCUT2D eigenvalue weighted by Gasteiger charge is -1.93. The fourth-order valence-electron chi connectivity index (χ4n) is 2.87. The third-order valence-corrected chi connectivity index (χ3v) is 4.24. The van der Waals surface area contributed by atoms with Crippen LogP contribution < -0.4 is 14.2 Å². The van der Waals surface area contributed by atoms with E-state index >= 15 is 0 Å². The third-order valence-electron chi connectivity index (χ3n) is 4.24. The fraction of sp³-hybridized carbons (Fsp3) is 0.333. The van der Waals surface area contributed by atoms with Gasteiger partial charge in [0, 0.05) is 11.8 Å². The molecule has 0 radical (unpaired) electrons. The maximum absolute atomic E-state index is 5.30. The molecule has 4 heteroatoms. The molecule has 0 aliphatic carbocycles. The van der Waals surface area contributed by atoms with Gasteiger partial charge in [0.25, 0.3) is 0 Å². The monoisotopic (exact) mass is 468 g/mol. The molecule has 0 spiro atoms.